The standard InChI is InChI=1S/C17H17BrN2O3/c1-11-3-9-15(10-4-11)23-12(2)16(21)19-20-17(22)13-5-7-14(18)8-6-13/h3-10,12H,1-2H3,(H,19,21)(H,20,22). The SMILES string of the molecule is Cc1ccc(OC(C)C(=O)NNC(=O)c2ccc(Br)cc2)cc1. The van der Waals surface area contributed by atoms with Crippen LogP contribution < -0.4 is 15.6 Å². The number of hydrogen-bond acceptors (Lipinski definition) is 3. The zero-order valence-corrected chi connectivity index (χ0v) is 14.4. The van der Waals surface area contributed by atoms with Crippen molar-refractivity contribution in [2.75, 3.05) is 0 Å². The Morgan fingerprint density at radius 2 is 1.61 bits per heavy atom. The number of nitrogens with one attached hydrogen (secondary N) is 2. The van der Waals surface area contributed by atoms with Gasteiger partial charge in [-0.05, 0) is 50.2 Å². The van der Waals surface area contributed by atoms with Gasteiger partial charge in [0.15, 0.2) is 6.10 Å². The number of benzene rings is 2. The second-order valence-electron chi connectivity index (χ2n) is 5.02. The van der Waals surface area contributed by atoms with Crippen LogP contribution in [0.25, 0.3) is 0 Å². The molecule has 0 fully saturated rings. The van der Waals surface area contributed by atoms with Gasteiger partial charge in [-0.2, -0.15) is 0 Å². The summed E-state index contributed by atoms with van der Waals surface area (Å²) in [6, 6.07) is 14.2. The molecule has 0 aromatic heterocycles. The first-order chi connectivity index (χ1) is 11.0. The topological polar surface area (TPSA) is 67.4 Å². The molecule has 1 atom stereocenters. The summed E-state index contributed by atoms with van der Waals surface area (Å²) in [5, 5.41) is 0. The molecule has 1 unspecified atom stereocenters. The van der Waals surface area contributed by atoms with E-state index in [1.165, 1.54) is 0 Å². The van der Waals surface area contributed by atoms with Crippen molar-refractivity contribution in [1.82, 2.24) is 10.9 Å². The summed E-state index contributed by atoms with van der Waals surface area (Å²) in [6.07, 6.45) is -0.733. The molecular formula is C17H17BrN2O3. The number of carbonyl (C=O) groups is 2. The van der Waals surface area contributed by atoms with E-state index in [-0.39, 0.29) is 0 Å². The first-order valence-electron chi connectivity index (χ1n) is 7.05. The third-order valence-corrected chi connectivity index (χ3v) is 3.64. The Balaban J connectivity index is 1.84. The van der Waals surface area contributed by atoms with E-state index < -0.39 is 17.9 Å². The first kappa shape index (κ1) is 17.0. The highest BCUT2D eigenvalue weighted by Gasteiger charge is 2.15. The molecule has 2 N–H and O–H groups in total. The van der Waals surface area contributed by atoms with Crippen molar-refractivity contribution in [2.24, 2.45) is 0 Å². The Kier molecular flexibility index (Phi) is 5.76. The lowest BCUT2D eigenvalue weighted by molar-refractivity contribution is -0.128. The molecule has 0 saturated heterocycles. The molecule has 0 bridgehead atoms. The lowest BCUT2D eigenvalue weighted by Gasteiger charge is -2.15. The van der Waals surface area contributed by atoms with Crippen LogP contribution in [0.3, 0.4) is 0 Å². The van der Waals surface area contributed by atoms with Crippen molar-refractivity contribution >= 4 is 27.7 Å². The molecule has 0 heterocycles. The van der Waals surface area contributed by atoms with Crippen LogP contribution in [0.2, 0.25) is 0 Å². The van der Waals surface area contributed by atoms with Gasteiger partial charge >= 0.3 is 0 Å². The zero-order valence-electron chi connectivity index (χ0n) is 12.8. The number of aryl methyl sites for hydroxylation is 1. The van der Waals surface area contributed by atoms with E-state index in [0.29, 0.717) is 11.3 Å². The predicted octanol–water partition coefficient (Wildman–Crippen LogP) is 2.99. The average Bonchev–Trinajstić information content (AvgIpc) is 2.55. The van der Waals surface area contributed by atoms with Gasteiger partial charge in [0.1, 0.15) is 5.75 Å². The molecule has 0 aliphatic carbocycles. The normalized spacial score (nSPS) is 11.4. The number of carbonyl (C=O) groups excluding carboxylic acids is 2. The summed E-state index contributed by atoms with van der Waals surface area (Å²) in [5.74, 6) is -0.234. The Bertz CT molecular complexity index is 684. The Hall–Kier alpha value is -2.34. The number of amides is 2. The number of halogens is 1. The van der Waals surface area contributed by atoms with E-state index in [9.17, 15) is 9.59 Å². The third-order valence-electron chi connectivity index (χ3n) is 3.11. The molecule has 2 aromatic carbocycles. The van der Waals surface area contributed by atoms with Crippen molar-refractivity contribution in [3.05, 3.63) is 64.1 Å². The van der Waals surface area contributed by atoms with Crippen molar-refractivity contribution < 1.29 is 14.3 Å². The molecule has 0 saturated carbocycles. The molecule has 2 amide bonds. The maximum Gasteiger partial charge on any atom is 0.279 e. The highest BCUT2D eigenvalue weighted by atomic mass is 79.9. The second kappa shape index (κ2) is 7.78. The molecule has 120 valence electrons. The number of ether oxygens (including phenoxy) is 1. The number of hydrazine groups is 1. The van der Waals surface area contributed by atoms with Crippen LogP contribution >= 0.6 is 15.9 Å². The maximum atomic E-state index is 11.9. The lowest BCUT2D eigenvalue weighted by Crippen LogP contribution is -2.47. The van der Waals surface area contributed by atoms with Crippen LogP contribution in [-0.2, 0) is 4.79 Å². The fourth-order valence-corrected chi connectivity index (χ4v) is 2.03. The molecular weight excluding hydrogens is 360 g/mol. The van der Waals surface area contributed by atoms with Crippen LogP contribution in [0, 0.1) is 6.92 Å². The van der Waals surface area contributed by atoms with E-state index in [4.69, 9.17) is 4.74 Å². The first-order valence-corrected chi connectivity index (χ1v) is 7.84. The average molecular weight is 377 g/mol. The highest BCUT2D eigenvalue weighted by molar-refractivity contribution is 9.10. The fraction of sp³-hybridized carbons (Fsp3) is 0.176. The van der Waals surface area contributed by atoms with Gasteiger partial charge in [0.25, 0.3) is 11.8 Å². The summed E-state index contributed by atoms with van der Waals surface area (Å²) < 4.78 is 6.39. The summed E-state index contributed by atoms with van der Waals surface area (Å²) in [7, 11) is 0. The van der Waals surface area contributed by atoms with Crippen LogP contribution in [0.1, 0.15) is 22.8 Å². The quantitative estimate of drug-likeness (QED) is 0.806. The molecule has 0 aliphatic rings. The molecule has 0 aliphatic heterocycles. The largest absolute Gasteiger partial charge is 0.481 e. The van der Waals surface area contributed by atoms with Crippen LogP contribution in [0.15, 0.2) is 53.0 Å². The van der Waals surface area contributed by atoms with E-state index in [0.717, 1.165) is 10.0 Å². The summed E-state index contributed by atoms with van der Waals surface area (Å²) in [5.41, 5.74) is 6.26. The second-order valence-corrected chi connectivity index (χ2v) is 5.94. The molecule has 23 heavy (non-hydrogen) atoms. The van der Waals surface area contributed by atoms with Crippen LogP contribution in [0.5, 0.6) is 5.75 Å². The van der Waals surface area contributed by atoms with Gasteiger partial charge in [0.2, 0.25) is 0 Å². The van der Waals surface area contributed by atoms with Crippen molar-refractivity contribution in [2.45, 2.75) is 20.0 Å². The molecule has 0 spiro atoms. The summed E-state index contributed by atoms with van der Waals surface area (Å²) in [4.78, 5) is 23.8. The lowest BCUT2D eigenvalue weighted by atomic mass is 10.2. The van der Waals surface area contributed by atoms with Gasteiger partial charge in [-0.1, -0.05) is 33.6 Å². The van der Waals surface area contributed by atoms with Gasteiger partial charge < -0.3 is 4.74 Å². The maximum absolute atomic E-state index is 11.9. The Morgan fingerprint density at radius 1 is 1.00 bits per heavy atom. The molecule has 6 heteroatoms. The number of hydrogen-bond donors (Lipinski definition) is 2. The molecule has 0 radical (unpaired) electrons. The van der Waals surface area contributed by atoms with Gasteiger partial charge in [0, 0.05) is 10.0 Å². The van der Waals surface area contributed by atoms with Gasteiger partial charge in [-0.15, -0.1) is 0 Å². The number of rotatable bonds is 4. The van der Waals surface area contributed by atoms with Gasteiger partial charge in [0.05, 0.1) is 0 Å². The van der Waals surface area contributed by atoms with E-state index in [1.54, 1.807) is 43.3 Å². The van der Waals surface area contributed by atoms with Gasteiger partial charge in [-0.3, -0.25) is 20.4 Å². The third kappa shape index (κ3) is 5.10. The molecule has 2 rings (SSSR count). The van der Waals surface area contributed by atoms with Crippen molar-refractivity contribution in [1.29, 1.82) is 0 Å². The van der Waals surface area contributed by atoms with E-state index in [2.05, 4.69) is 26.8 Å². The van der Waals surface area contributed by atoms with E-state index >= 15 is 0 Å². The monoisotopic (exact) mass is 376 g/mol. The fourth-order valence-electron chi connectivity index (χ4n) is 1.77. The van der Waals surface area contributed by atoms with Crippen LogP contribution in [0.4, 0.5) is 0 Å². The minimum atomic E-state index is -0.733. The van der Waals surface area contributed by atoms with E-state index in [1.807, 2.05) is 19.1 Å². The summed E-state index contributed by atoms with van der Waals surface area (Å²) in [6.45, 7) is 3.58. The van der Waals surface area contributed by atoms with Crippen LogP contribution in [-0.4, -0.2) is 17.9 Å². The predicted molar refractivity (Wildman–Crippen MR) is 91.0 cm³/mol. The summed E-state index contributed by atoms with van der Waals surface area (Å²) >= 11 is 3.29. The molecule has 2 aromatic rings. The van der Waals surface area contributed by atoms with Crippen molar-refractivity contribution in [3.8, 4) is 5.75 Å². The Labute approximate surface area is 143 Å². The minimum absolute atomic E-state index is 0.395. The highest BCUT2D eigenvalue weighted by Crippen LogP contribution is 2.13. The smallest absolute Gasteiger partial charge is 0.279 e. The van der Waals surface area contributed by atoms with Gasteiger partial charge in [-0.25, -0.2) is 0 Å². The zero-order chi connectivity index (χ0) is 16.8. The Morgan fingerprint density at radius 3 is 2.22 bits per heavy atom. The van der Waals surface area contributed by atoms with Crippen molar-refractivity contribution in [3.63, 3.8) is 0 Å². The molecule has 5 nitrogen and oxygen atoms in total. The minimum Gasteiger partial charge on any atom is -0.481 e.